The molecule has 9 nitrogen and oxygen atoms in total. The first-order chi connectivity index (χ1) is 17.5. The molecule has 1 aliphatic rings. The average Bonchev–Trinajstić information content (AvgIpc) is 2.86. The number of aromatic nitrogens is 3. The van der Waals surface area contributed by atoms with E-state index >= 15 is 0 Å². The van der Waals surface area contributed by atoms with E-state index in [1.165, 1.54) is 9.47 Å². The monoisotopic (exact) mass is 524 g/mol. The fraction of sp³-hybridized carbons (Fsp3) is 0.333. The third-order valence-corrected chi connectivity index (χ3v) is 6.49. The number of carbonyl (C=O) groups is 1. The van der Waals surface area contributed by atoms with E-state index in [1.807, 2.05) is 6.92 Å². The summed E-state index contributed by atoms with van der Waals surface area (Å²) in [6.07, 6.45) is 5.57. The predicted octanol–water partition coefficient (Wildman–Crippen LogP) is 3.92. The Morgan fingerprint density at radius 2 is 1.92 bits per heavy atom. The van der Waals surface area contributed by atoms with Gasteiger partial charge in [0, 0.05) is 42.3 Å². The Hall–Kier alpha value is -3.69. The number of anilines is 1. The minimum atomic E-state index is -1.28. The SMILES string of the molecule is COc1cccnc1COc1cc(C)n(-c2cc(N3CCC=C(C(C)(C)O)C3=O)ncc2C)c(=O)c1Cl. The topological polar surface area (TPSA) is 107 Å². The molecule has 0 spiro atoms. The Bertz CT molecular complexity index is 1440. The van der Waals surface area contributed by atoms with Crippen LogP contribution in [0.25, 0.3) is 5.69 Å². The van der Waals surface area contributed by atoms with E-state index in [2.05, 4.69) is 9.97 Å². The third kappa shape index (κ3) is 5.23. The average molecular weight is 525 g/mol. The standard InChI is InChI=1S/C27H29ClN4O5/c1-16-14-30-23(31-11-7-8-18(25(31)33)27(3,4)35)13-20(16)32-17(2)12-22(24(28)26(32)34)37-15-19-21(36-5)9-6-10-29-19/h6,8-10,12-14,35H,7,11,15H2,1-5H3. The molecule has 1 amide bonds. The molecule has 0 bridgehead atoms. The van der Waals surface area contributed by atoms with Crippen LogP contribution in [-0.4, -0.2) is 44.8 Å². The van der Waals surface area contributed by atoms with Crippen LogP contribution in [0, 0.1) is 13.8 Å². The van der Waals surface area contributed by atoms with Gasteiger partial charge in [-0.15, -0.1) is 0 Å². The van der Waals surface area contributed by atoms with Gasteiger partial charge < -0.3 is 14.6 Å². The van der Waals surface area contributed by atoms with E-state index in [1.54, 1.807) is 70.6 Å². The second-order valence-electron chi connectivity index (χ2n) is 9.30. The lowest BCUT2D eigenvalue weighted by atomic mass is 9.93. The van der Waals surface area contributed by atoms with Gasteiger partial charge in [0.1, 0.15) is 34.6 Å². The summed E-state index contributed by atoms with van der Waals surface area (Å²) >= 11 is 6.47. The summed E-state index contributed by atoms with van der Waals surface area (Å²) in [4.78, 5) is 36.7. The zero-order chi connectivity index (χ0) is 26.9. The molecule has 0 aromatic carbocycles. The highest BCUT2D eigenvalue weighted by molar-refractivity contribution is 6.31. The lowest BCUT2D eigenvalue weighted by molar-refractivity contribution is -0.117. The number of aryl methyl sites for hydroxylation is 2. The van der Waals surface area contributed by atoms with Crippen LogP contribution in [0.4, 0.5) is 5.82 Å². The number of carbonyl (C=O) groups excluding carboxylic acids is 1. The Balaban J connectivity index is 1.69. The molecule has 0 saturated heterocycles. The molecule has 0 fully saturated rings. The van der Waals surface area contributed by atoms with E-state index in [0.717, 1.165) is 5.56 Å². The van der Waals surface area contributed by atoms with Gasteiger partial charge >= 0.3 is 0 Å². The number of ether oxygens (including phenoxy) is 2. The number of amides is 1. The molecule has 4 heterocycles. The van der Waals surface area contributed by atoms with E-state index in [4.69, 9.17) is 21.1 Å². The summed E-state index contributed by atoms with van der Waals surface area (Å²) in [7, 11) is 1.54. The molecule has 1 aliphatic heterocycles. The first kappa shape index (κ1) is 26.4. The highest BCUT2D eigenvalue weighted by Crippen LogP contribution is 2.30. The van der Waals surface area contributed by atoms with Gasteiger partial charge in [-0.2, -0.15) is 0 Å². The van der Waals surface area contributed by atoms with Crippen LogP contribution in [0.3, 0.4) is 0 Å². The third-order valence-electron chi connectivity index (χ3n) is 6.15. The second kappa shape index (κ2) is 10.4. The van der Waals surface area contributed by atoms with Crippen molar-refractivity contribution < 1.29 is 19.4 Å². The Morgan fingerprint density at radius 3 is 2.62 bits per heavy atom. The molecule has 0 saturated carbocycles. The molecule has 4 rings (SSSR count). The van der Waals surface area contributed by atoms with Gasteiger partial charge in [-0.25, -0.2) is 4.98 Å². The van der Waals surface area contributed by atoms with Crippen LogP contribution in [0.15, 0.2) is 53.1 Å². The quantitative estimate of drug-likeness (QED) is 0.499. The van der Waals surface area contributed by atoms with Gasteiger partial charge in [0.15, 0.2) is 0 Å². The second-order valence-corrected chi connectivity index (χ2v) is 9.67. The maximum absolute atomic E-state index is 13.4. The van der Waals surface area contributed by atoms with Crippen LogP contribution < -0.4 is 19.9 Å². The molecule has 0 radical (unpaired) electrons. The zero-order valence-corrected chi connectivity index (χ0v) is 22.2. The van der Waals surface area contributed by atoms with Gasteiger partial charge in [0.05, 0.1) is 18.4 Å². The van der Waals surface area contributed by atoms with Crippen LogP contribution >= 0.6 is 11.6 Å². The smallest absolute Gasteiger partial charge is 0.277 e. The predicted molar refractivity (Wildman–Crippen MR) is 141 cm³/mol. The van der Waals surface area contributed by atoms with Crippen LogP contribution in [0.2, 0.25) is 5.02 Å². The van der Waals surface area contributed by atoms with E-state index < -0.39 is 11.2 Å². The number of aliphatic hydroxyl groups is 1. The molecular formula is C27H29ClN4O5. The summed E-state index contributed by atoms with van der Waals surface area (Å²) in [5, 5.41) is 10.3. The van der Waals surface area contributed by atoms with Crippen LogP contribution in [0.1, 0.15) is 37.2 Å². The fourth-order valence-electron chi connectivity index (χ4n) is 4.24. The summed E-state index contributed by atoms with van der Waals surface area (Å²) in [6, 6.07) is 6.89. The molecule has 0 aliphatic carbocycles. The Morgan fingerprint density at radius 1 is 1.16 bits per heavy atom. The number of rotatable bonds is 7. The van der Waals surface area contributed by atoms with Crippen molar-refractivity contribution in [2.45, 2.75) is 46.3 Å². The Labute approximate surface area is 220 Å². The number of pyridine rings is 3. The molecule has 3 aromatic rings. The largest absolute Gasteiger partial charge is 0.495 e. The van der Waals surface area contributed by atoms with Crippen molar-refractivity contribution in [3.8, 4) is 17.2 Å². The maximum atomic E-state index is 13.4. The number of halogens is 1. The number of hydrogen-bond donors (Lipinski definition) is 1. The maximum Gasteiger partial charge on any atom is 0.277 e. The summed E-state index contributed by atoms with van der Waals surface area (Å²) in [5.74, 6) is 0.854. The summed E-state index contributed by atoms with van der Waals surface area (Å²) < 4.78 is 12.6. The normalized spacial score (nSPS) is 14.0. The van der Waals surface area contributed by atoms with Crippen molar-refractivity contribution >= 4 is 23.3 Å². The number of hydrogen-bond acceptors (Lipinski definition) is 7. The summed E-state index contributed by atoms with van der Waals surface area (Å²) in [5.41, 5.74) is 0.985. The highest BCUT2D eigenvalue weighted by atomic mass is 35.5. The zero-order valence-electron chi connectivity index (χ0n) is 21.4. The van der Waals surface area contributed by atoms with E-state index in [-0.39, 0.29) is 23.3 Å². The van der Waals surface area contributed by atoms with Gasteiger partial charge in [-0.3, -0.25) is 24.0 Å². The molecule has 3 aromatic heterocycles. The van der Waals surface area contributed by atoms with Crippen molar-refractivity contribution in [3.05, 3.63) is 80.6 Å². The molecule has 194 valence electrons. The van der Waals surface area contributed by atoms with Gasteiger partial charge in [0.25, 0.3) is 11.5 Å². The highest BCUT2D eigenvalue weighted by Gasteiger charge is 2.33. The van der Waals surface area contributed by atoms with Crippen molar-refractivity contribution in [2.24, 2.45) is 0 Å². The van der Waals surface area contributed by atoms with Crippen molar-refractivity contribution in [1.82, 2.24) is 14.5 Å². The lowest BCUT2D eigenvalue weighted by Crippen LogP contribution is -2.42. The molecule has 1 N–H and O–H groups in total. The van der Waals surface area contributed by atoms with Crippen LogP contribution in [-0.2, 0) is 11.4 Å². The summed E-state index contributed by atoms with van der Waals surface area (Å²) in [6.45, 7) is 7.22. The van der Waals surface area contributed by atoms with Gasteiger partial charge in [-0.1, -0.05) is 17.7 Å². The number of methoxy groups -OCH3 is 1. The molecule has 10 heteroatoms. The van der Waals surface area contributed by atoms with Crippen LogP contribution in [0.5, 0.6) is 11.5 Å². The van der Waals surface area contributed by atoms with Crippen molar-refractivity contribution in [1.29, 1.82) is 0 Å². The first-order valence-corrected chi connectivity index (χ1v) is 12.2. The fourth-order valence-corrected chi connectivity index (χ4v) is 4.44. The first-order valence-electron chi connectivity index (χ1n) is 11.8. The lowest BCUT2D eigenvalue weighted by Gasteiger charge is -2.31. The Kier molecular flexibility index (Phi) is 7.38. The van der Waals surface area contributed by atoms with E-state index in [0.29, 0.717) is 47.2 Å². The minimum absolute atomic E-state index is 0.0686. The number of nitrogens with zero attached hydrogens (tertiary/aromatic N) is 4. The molecule has 37 heavy (non-hydrogen) atoms. The van der Waals surface area contributed by atoms with E-state index in [9.17, 15) is 14.7 Å². The van der Waals surface area contributed by atoms with Crippen molar-refractivity contribution in [2.75, 3.05) is 18.6 Å². The molecular weight excluding hydrogens is 496 g/mol. The van der Waals surface area contributed by atoms with Crippen molar-refractivity contribution in [3.63, 3.8) is 0 Å². The van der Waals surface area contributed by atoms with Gasteiger partial charge in [-0.05, 0) is 51.8 Å². The molecule has 0 atom stereocenters. The molecule has 0 unspecified atom stereocenters. The van der Waals surface area contributed by atoms with Gasteiger partial charge in [0.2, 0.25) is 0 Å². The minimum Gasteiger partial charge on any atom is -0.495 e.